The molecule has 1 N–H and O–H groups in total. The van der Waals surface area contributed by atoms with E-state index in [4.69, 9.17) is 16.9 Å². The normalized spacial score (nSPS) is 14.7. The Labute approximate surface area is 134 Å². The summed E-state index contributed by atoms with van der Waals surface area (Å²) in [6.45, 7) is 3.59. The molecule has 0 aliphatic carbocycles. The number of nitrogens with zero attached hydrogens (tertiary/aromatic N) is 3. The molecule has 2 aromatic rings. The van der Waals surface area contributed by atoms with Crippen LogP contribution >= 0.6 is 11.6 Å². The Morgan fingerprint density at radius 3 is 2.00 bits per heavy atom. The second-order valence-electron chi connectivity index (χ2n) is 5.27. The topological polar surface area (TPSA) is 50.5 Å². The quantitative estimate of drug-likeness (QED) is 0.924. The smallest absolute Gasteiger partial charge is 0.115 e. The summed E-state index contributed by atoms with van der Waals surface area (Å²) in [5.41, 5.74) is 2.68. The average molecular weight is 314 g/mol. The van der Waals surface area contributed by atoms with E-state index >= 15 is 0 Å². The van der Waals surface area contributed by atoms with Crippen LogP contribution in [0.15, 0.2) is 42.5 Å². The molecule has 1 fully saturated rings. The summed E-state index contributed by atoms with van der Waals surface area (Å²) >= 11 is 6.10. The molecule has 22 heavy (non-hydrogen) atoms. The van der Waals surface area contributed by atoms with Gasteiger partial charge in [-0.05, 0) is 42.5 Å². The number of piperazine rings is 1. The van der Waals surface area contributed by atoms with Gasteiger partial charge in [-0.15, -0.1) is 0 Å². The molecule has 1 aliphatic heterocycles. The van der Waals surface area contributed by atoms with Crippen LogP contribution in [0.1, 0.15) is 5.56 Å². The zero-order chi connectivity index (χ0) is 15.5. The Kier molecular flexibility index (Phi) is 4.08. The third-order valence-corrected chi connectivity index (χ3v) is 4.25. The zero-order valence-electron chi connectivity index (χ0n) is 12.0. The van der Waals surface area contributed by atoms with Crippen molar-refractivity contribution in [2.45, 2.75) is 0 Å². The molecule has 4 nitrogen and oxygen atoms in total. The van der Waals surface area contributed by atoms with E-state index in [1.807, 2.05) is 24.3 Å². The van der Waals surface area contributed by atoms with Gasteiger partial charge in [-0.2, -0.15) is 5.26 Å². The number of aromatic hydroxyl groups is 1. The van der Waals surface area contributed by atoms with Gasteiger partial charge in [0, 0.05) is 37.6 Å². The van der Waals surface area contributed by atoms with E-state index in [9.17, 15) is 5.11 Å². The first-order chi connectivity index (χ1) is 10.7. The lowest BCUT2D eigenvalue weighted by molar-refractivity contribution is 0.475. The minimum atomic E-state index is 0.287. The summed E-state index contributed by atoms with van der Waals surface area (Å²) in [7, 11) is 0. The van der Waals surface area contributed by atoms with Crippen molar-refractivity contribution < 1.29 is 5.11 Å². The Bertz CT molecular complexity index is 701. The van der Waals surface area contributed by atoms with Gasteiger partial charge in [-0.25, -0.2) is 0 Å². The van der Waals surface area contributed by atoms with Crippen LogP contribution in [0.3, 0.4) is 0 Å². The summed E-state index contributed by atoms with van der Waals surface area (Å²) < 4.78 is 0. The maximum Gasteiger partial charge on any atom is 0.115 e. The standard InChI is InChI=1S/C17H16ClN3O/c18-17-11-15(2-1-13(17)12-19)21-9-7-20(8-10-21)14-3-5-16(22)6-4-14/h1-6,11,22H,7-10H2. The van der Waals surface area contributed by atoms with Crippen molar-refractivity contribution in [2.75, 3.05) is 36.0 Å². The molecule has 1 aliphatic rings. The molecular formula is C17H16ClN3O. The number of halogens is 1. The lowest BCUT2D eigenvalue weighted by atomic mass is 10.2. The minimum Gasteiger partial charge on any atom is -0.508 e. The third-order valence-electron chi connectivity index (χ3n) is 3.93. The van der Waals surface area contributed by atoms with Gasteiger partial charge in [-0.1, -0.05) is 11.6 Å². The van der Waals surface area contributed by atoms with Crippen molar-refractivity contribution in [1.29, 1.82) is 5.26 Å². The third kappa shape index (κ3) is 2.95. The largest absolute Gasteiger partial charge is 0.508 e. The van der Waals surface area contributed by atoms with Crippen molar-refractivity contribution in [3.05, 3.63) is 53.1 Å². The minimum absolute atomic E-state index is 0.287. The van der Waals surface area contributed by atoms with Gasteiger partial charge in [0.1, 0.15) is 11.8 Å². The first kappa shape index (κ1) is 14.6. The Morgan fingerprint density at radius 2 is 1.45 bits per heavy atom. The highest BCUT2D eigenvalue weighted by atomic mass is 35.5. The molecule has 0 atom stereocenters. The van der Waals surface area contributed by atoms with Crippen LogP contribution < -0.4 is 9.80 Å². The second kappa shape index (κ2) is 6.17. The van der Waals surface area contributed by atoms with Crippen molar-refractivity contribution in [3.8, 4) is 11.8 Å². The van der Waals surface area contributed by atoms with E-state index in [1.54, 1.807) is 18.2 Å². The van der Waals surface area contributed by atoms with Crippen molar-refractivity contribution >= 4 is 23.0 Å². The first-order valence-electron chi connectivity index (χ1n) is 7.16. The summed E-state index contributed by atoms with van der Waals surface area (Å²) in [5, 5.41) is 18.8. The number of hydrogen-bond donors (Lipinski definition) is 1. The molecule has 0 bridgehead atoms. The van der Waals surface area contributed by atoms with Crippen LogP contribution in [0.5, 0.6) is 5.75 Å². The number of phenols is 1. The van der Waals surface area contributed by atoms with Crippen LogP contribution in [-0.2, 0) is 0 Å². The second-order valence-corrected chi connectivity index (χ2v) is 5.67. The fourth-order valence-electron chi connectivity index (χ4n) is 2.68. The molecule has 5 heteroatoms. The molecule has 1 heterocycles. The van der Waals surface area contributed by atoms with E-state index in [2.05, 4.69) is 15.9 Å². The predicted octanol–water partition coefficient (Wildman–Crippen LogP) is 3.24. The van der Waals surface area contributed by atoms with Crippen LogP contribution in [-0.4, -0.2) is 31.3 Å². The fraction of sp³-hybridized carbons (Fsp3) is 0.235. The Hall–Kier alpha value is -2.38. The van der Waals surface area contributed by atoms with Gasteiger partial charge in [0.2, 0.25) is 0 Å². The number of benzene rings is 2. The van der Waals surface area contributed by atoms with Crippen molar-refractivity contribution in [1.82, 2.24) is 0 Å². The maximum atomic E-state index is 9.35. The van der Waals surface area contributed by atoms with Crippen LogP contribution in [0, 0.1) is 11.3 Å². The van der Waals surface area contributed by atoms with Gasteiger partial charge in [-0.3, -0.25) is 0 Å². The highest BCUT2D eigenvalue weighted by Gasteiger charge is 2.18. The van der Waals surface area contributed by atoms with Gasteiger partial charge in [0.15, 0.2) is 0 Å². The highest BCUT2D eigenvalue weighted by Crippen LogP contribution is 2.26. The van der Waals surface area contributed by atoms with E-state index in [1.165, 1.54) is 0 Å². The molecule has 0 radical (unpaired) electrons. The van der Waals surface area contributed by atoms with E-state index in [0.29, 0.717) is 10.6 Å². The number of phenolic OH excluding ortho intramolecular Hbond substituents is 1. The molecule has 1 saturated heterocycles. The molecule has 0 spiro atoms. The fourth-order valence-corrected chi connectivity index (χ4v) is 2.89. The van der Waals surface area contributed by atoms with Gasteiger partial charge in [0.05, 0.1) is 10.6 Å². The molecule has 0 unspecified atom stereocenters. The van der Waals surface area contributed by atoms with Crippen LogP contribution in [0.4, 0.5) is 11.4 Å². The lowest BCUT2D eigenvalue weighted by Crippen LogP contribution is -2.46. The molecule has 3 rings (SSSR count). The van der Waals surface area contributed by atoms with Gasteiger partial charge in [0.25, 0.3) is 0 Å². The molecule has 2 aromatic carbocycles. The van der Waals surface area contributed by atoms with Gasteiger partial charge < -0.3 is 14.9 Å². The van der Waals surface area contributed by atoms with Crippen molar-refractivity contribution in [2.24, 2.45) is 0 Å². The van der Waals surface area contributed by atoms with E-state index in [0.717, 1.165) is 37.6 Å². The molecule has 0 aromatic heterocycles. The summed E-state index contributed by atoms with van der Waals surface area (Å²) in [6.07, 6.45) is 0. The molecule has 0 saturated carbocycles. The van der Waals surface area contributed by atoms with Crippen molar-refractivity contribution in [3.63, 3.8) is 0 Å². The number of hydrogen-bond acceptors (Lipinski definition) is 4. The number of nitriles is 1. The monoisotopic (exact) mass is 313 g/mol. The highest BCUT2D eigenvalue weighted by molar-refractivity contribution is 6.32. The van der Waals surface area contributed by atoms with E-state index < -0.39 is 0 Å². The average Bonchev–Trinajstić information content (AvgIpc) is 2.56. The lowest BCUT2D eigenvalue weighted by Gasteiger charge is -2.37. The summed E-state index contributed by atoms with van der Waals surface area (Å²) in [6, 6.07) is 14.9. The van der Waals surface area contributed by atoms with Crippen LogP contribution in [0.25, 0.3) is 0 Å². The number of anilines is 2. The summed E-state index contributed by atoms with van der Waals surface area (Å²) in [5.74, 6) is 0.287. The van der Waals surface area contributed by atoms with Crippen LogP contribution in [0.2, 0.25) is 5.02 Å². The number of rotatable bonds is 2. The molecular weight excluding hydrogens is 298 g/mol. The maximum absolute atomic E-state index is 9.35. The predicted molar refractivity (Wildman–Crippen MR) is 88.7 cm³/mol. The Morgan fingerprint density at radius 1 is 0.909 bits per heavy atom. The summed E-state index contributed by atoms with van der Waals surface area (Å²) in [4.78, 5) is 4.56. The zero-order valence-corrected chi connectivity index (χ0v) is 12.8. The van der Waals surface area contributed by atoms with E-state index in [-0.39, 0.29) is 5.75 Å². The first-order valence-corrected chi connectivity index (χ1v) is 7.54. The molecule has 0 amide bonds. The SMILES string of the molecule is N#Cc1ccc(N2CCN(c3ccc(O)cc3)CC2)cc1Cl. The molecule has 112 valence electrons. The Balaban J connectivity index is 1.68. The van der Waals surface area contributed by atoms with Gasteiger partial charge >= 0.3 is 0 Å².